The Morgan fingerprint density at radius 1 is 0.885 bits per heavy atom. The summed E-state index contributed by atoms with van der Waals surface area (Å²) < 4.78 is 16.0. The van der Waals surface area contributed by atoms with E-state index in [1.54, 1.807) is 26.4 Å². The number of Topliss-reactive ketones (excluding diaryl/α,β-unsaturated/α-hetero) is 1. The zero-order chi connectivity index (χ0) is 19.0. The van der Waals surface area contributed by atoms with Crippen LogP contribution in [0.15, 0.2) is 30.3 Å². The molecule has 0 radical (unpaired) electrons. The van der Waals surface area contributed by atoms with E-state index in [0.717, 1.165) is 11.1 Å². The van der Waals surface area contributed by atoms with Crippen LogP contribution in [-0.4, -0.2) is 32.2 Å². The Labute approximate surface area is 153 Å². The van der Waals surface area contributed by atoms with Gasteiger partial charge in [0.15, 0.2) is 28.8 Å². The molecule has 0 amide bonds. The summed E-state index contributed by atoms with van der Waals surface area (Å²) in [7, 11) is 4.68. The standard InChI is InChI=1S/C21H24O5/c1-11-12(2)21(23)15-10-18(25-4)16(22)9-14(15)20(11)13-6-7-17(24-3)19(8-13)26-5/h6-12,20,22H,1-5H3/t11-,12-,20-/m1/s1. The number of hydrogen-bond acceptors (Lipinski definition) is 5. The zero-order valence-corrected chi connectivity index (χ0v) is 15.7. The van der Waals surface area contributed by atoms with Gasteiger partial charge < -0.3 is 19.3 Å². The van der Waals surface area contributed by atoms with Crippen LogP contribution in [0.5, 0.6) is 23.0 Å². The molecule has 1 aliphatic carbocycles. The molecule has 0 unspecified atom stereocenters. The summed E-state index contributed by atoms with van der Waals surface area (Å²) in [5.74, 6) is 1.59. The molecule has 2 aromatic carbocycles. The molecule has 0 bridgehead atoms. The highest BCUT2D eigenvalue weighted by Crippen LogP contribution is 2.47. The third-order valence-electron chi connectivity index (χ3n) is 5.45. The first-order chi connectivity index (χ1) is 12.4. The monoisotopic (exact) mass is 356 g/mol. The number of aromatic hydroxyl groups is 1. The van der Waals surface area contributed by atoms with Crippen molar-refractivity contribution in [2.24, 2.45) is 11.8 Å². The van der Waals surface area contributed by atoms with Gasteiger partial charge in [-0.2, -0.15) is 0 Å². The van der Waals surface area contributed by atoms with Gasteiger partial charge in [0.1, 0.15) is 0 Å². The number of ketones is 1. The molecule has 0 spiro atoms. The summed E-state index contributed by atoms with van der Waals surface area (Å²) in [6.45, 7) is 4.01. The molecule has 3 rings (SSSR count). The van der Waals surface area contributed by atoms with Crippen molar-refractivity contribution in [3.05, 3.63) is 47.0 Å². The lowest BCUT2D eigenvalue weighted by molar-refractivity contribution is 0.0865. The van der Waals surface area contributed by atoms with Gasteiger partial charge in [0.25, 0.3) is 0 Å². The number of rotatable bonds is 4. The number of benzene rings is 2. The molecule has 3 atom stereocenters. The molecule has 26 heavy (non-hydrogen) atoms. The number of carbonyl (C=O) groups excluding carboxylic acids is 1. The Hall–Kier alpha value is -2.69. The van der Waals surface area contributed by atoms with Gasteiger partial charge in [-0.1, -0.05) is 19.9 Å². The van der Waals surface area contributed by atoms with Gasteiger partial charge in [-0.05, 0) is 41.3 Å². The lowest BCUT2D eigenvalue weighted by atomic mass is 9.67. The van der Waals surface area contributed by atoms with E-state index < -0.39 is 0 Å². The molecular weight excluding hydrogens is 332 g/mol. The highest BCUT2D eigenvalue weighted by molar-refractivity contribution is 6.01. The predicted octanol–water partition coefficient (Wildman–Crippen LogP) is 4.02. The summed E-state index contributed by atoms with van der Waals surface area (Å²) >= 11 is 0. The minimum atomic E-state index is -0.144. The number of phenolic OH excluding ortho intramolecular Hbond substituents is 1. The van der Waals surface area contributed by atoms with Crippen LogP contribution in [0, 0.1) is 11.8 Å². The number of fused-ring (bicyclic) bond motifs is 1. The maximum absolute atomic E-state index is 12.8. The third-order valence-corrected chi connectivity index (χ3v) is 5.45. The van der Waals surface area contributed by atoms with Gasteiger partial charge in [0.2, 0.25) is 0 Å². The fourth-order valence-electron chi connectivity index (χ4n) is 3.80. The predicted molar refractivity (Wildman–Crippen MR) is 98.7 cm³/mol. The van der Waals surface area contributed by atoms with Gasteiger partial charge in [0.05, 0.1) is 21.3 Å². The van der Waals surface area contributed by atoms with E-state index in [-0.39, 0.29) is 29.3 Å². The van der Waals surface area contributed by atoms with Gasteiger partial charge in [0, 0.05) is 17.4 Å². The Morgan fingerprint density at radius 3 is 2.15 bits per heavy atom. The molecule has 1 N–H and O–H groups in total. The summed E-state index contributed by atoms with van der Waals surface area (Å²) in [6.07, 6.45) is 0. The van der Waals surface area contributed by atoms with Crippen LogP contribution in [0.4, 0.5) is 0 Å². The number of methoxy groups -OCH3 is 3. The average molecular weight is 356 g/mol. The summed E-state index contributed by atoms with van der Waals surface area (Å²) in [4.78, 5) is 12.8. The van der Waals surface area contributed by atoms with Crippen LogP contribution in [0.1, 0.15) is 41.3 Å². The van der Waals surface area contributed by atoms with E-state index in [4.69, 9.17) is 14.2 Å². The van der Waals surface area contributed by atoms with Crippen molar-refractivity contribution >= 4 is 5.78 Å². The lowest BCUT2D eigenvalue weighted by Gasteiger charge is -2.36. The molecule has 5 nitrogen and oxygen atoms in total. The first-order valence-electron chi connectivity index (χ1n) is 8.59. The third kappa shape index (κ3) is 2.77. The van der Waals surface area contributed by atoms with E-state index in [1.807, 2.05) is 25.1 Å². The van der Waals surface area contributed by atoms with Crippen molar-refractivity contribution in [2.75, 3.05) is 21.3 Å². The largest absolute Gasteiger partial charge is 0.504 e. The van der Waals surface area contributed by atoms with Gasteiger partial charge in [-0.3, -0.25) is 4.79 Å². The van der Waals surface area contributed by atoms with Crippen LogP contribution in [0.2, 0.25) is 0 Å². The van der Waals surface area contributed by atoms with Crippen LogP contribution >= 0.6 is 0 Å². The molecule has 0 aliphatic heterocycles. The van der Waals surface area contributed by atoms with E-state index in [0.29, 0.717) is 22.8 Å². The molecule has 0 saturated heterocycles. The molecule has 0 saturated carbocycles. The van der Waals surface area contributed by atoms with Crippen molar-refractivity contribution < 1.29 is 24.1 Å². The maximum atomic E-state index is 12.8. The fraction of sp³-hybridized carbons (Fsp3) is 0.381. The molecule has 0 heterocycles. The second-order valence-corrected chi connectivity index (χ2v) is 6.72. The van der Waals surface area contributed by atoms with Crippen molar-refractivity contribution in [3.8, 4) is 23.0 Å². The number of phenols is 1. The SMILES string of the molecule is COc1cc2c(cc1O)[C@@H](c1ccc(OC)c(OC)c1)[C@H](C)[C@@H](C)C2=O. The van der Waals surface area contributed by atoms with Crippen LogP contribution < -0.4 is 14.2 Å². The Bertz CT molecular complexity index is 843. The van der Waals surface area contributed by atoms with Crippen LogP contribution in [-0.2, 0) is 0 Å². The van der Waals surface area contributed by atoms with E-state index in [2.05, 4.69) is 6.92 Å². The topological polar surface area (TPSA) is 65.0 Å². The second-order valence-electron chi connectivity index (χ2n) is 6.72. The van der Waals surface area contributed by atoms with E-state index >= 15 is 0 Å². The first kappa shape index (κ1) is 18.1. The normalized spacial score (nSPS) is 21.9. The fourth-order valence-corrected chi connectivity index (χ4v) is 3.80. The lowest BCUT2D eigenvalue weighted by Crippen LogP contribution is -2.32. The molecule has 2 aromatic rings. The Morgan fingerprint density at radius 2 is 1.54 bits per heavy atom. The zero-order valence-electron chi connectivity index (χ0n) is 15.7. The second kappa shape index (κ2) is 6.90. The van der Waals surface area contributed by atoms with Crippen molar-refractivity contribution in [3.63, 3.8) is 0 Å². The minimum Gasteiger partial charge on any atom is -0.504 e. The van der Waals surface area contributed by atoms with Crippen molar-refractivity contribution in [1.82, 2.24) is 0 Å². The minimum absolute atomic E-state index is 0.0336. The molecular formula is C21H24O5. The Balaban J connectivity index is 2.20. The van der Waals surface area contributed by atoms with E-state index in [9.17, 15) is 9.90 Å². The van der Waals surface area contributed by atoms with Crippen molar-refractivity contribution in [1.29, 1.82) is 0 Å². The molecule has 0 aromatic heterocycles. The maximum Gasteiger partial charge on any atom is 0.166 e. The van der Waals surface area contributed by atoms with Gasteiger partial charge in [-0.15, -0.1) is 0 Å². The van der Waals surface area contributed by atoms with Gasteiger partial charge >= 0.3 is 0 Å². The molecule has 138 valence electrons. The van der Waals surface area contributed by atoms with Gasteiger partial charge in [-0.25, -0.2) is 0 Å². The highest BCUT2D eigenvalue weighted by Gasteiger charge is 2.39. The van der Waals surface area contributed by atoms with Crippen molar-refractivity contribution in [2.45, 2.75) is 19.8 Å². The Kier molecular flexibility index (Phi) is 4.81. The van der Waals surface area contributed by atoms with Crippen LogP contribution in [0.3, 0.4) is 0 Å². The first-order valence-corrected chi connectivity index (χ1v) is 8.59. The summed E-state index contributed by atoms with van der Waals surface area (Å²) in [5.41, 5.74) is 2.43. The molecule has 5 heteroatoms. The number of hydrogen-bond donors (Lipinski definition) is 1. The average Bonchev–Trinajstić information content (AvgIpc) is 2.66. The molecule has 0 fully saturated rings. The number of ether oxygens (including phenoxy) is 3. The van der Waals surface area contributed by atoms with Crippen LogP contribution in [0.25, 0.3) is 0 Å². The summed E-state index contributed by atoms with van der Waals surface area (Å²) in [5, 5.41) is 10.3. The van der Waals surface area contributed by atoms with E-state index in [1.165, 1.54) is 7.11 Å². The summed E-state index contributed by atoms with van der Waals surface area (Å²) in [6, 6.07) is 9.08. The highest BCUT2D eigenvalue weighted by atomic mass is 16.5. The quantitative estimate of drug-likeness (QED) is 0.896. The molecule has 1 aliphatic rings. The smallest absolute Gasteiger partial charge is 0.166 e. The number of carbonyl (C=O) groups is 1.